The lowest BCUT2D eigenvalue weighted by Crippen LogP contribution is -1.96. The maximum Gasteiger partial charge on any atom is 0.153 e. The molecule has 0 aliphatic carbocycles. The highest BCUT2D eigenvalue weighted by Gasteiger charge is 1.96. The van der Waals surface area contributed by atoms with Crippen molar-refractivity contribution in [3.05, 3.63) is 84.9 Å². The number of benzene rings is 2. The van der Waals surface area contributed by atoms with E-state index in [1.807, 2.05) is 67.6 Å². The number of aliphatic imine (C=N–C) groups is 3. The fourth-order valence-corrected chi connectivity index (χ4v) is 1.68. The first-order valence-corrected chi connectivity index (χ1v) is 7.34. The minimum atomic E-state index is 0.720. The van der Waals surface area contributed by atoms with Crippen LogP contribution in [-0.2, 0) is 6.54 Å². The fraction of sp³-hybridized carbons (Fsp3) is 0.150. The van der Waals surface area contributed by atoms with Gasteiger partial charge in [0.2, 0.25) is 0 Å². The molecule has 0 unspecified atom stereocenters. The van der Waals surface area contributed by atoms with E-state index < -0.39 is 0 Å². The zero-order chi connectivity index (χ0) is 17.3. The summed E-state index contributed by atoms with van der Waals surface area (Å²) in [5.41, 5.74) is 2.24. The Bertz CT molecular complexity index is 574. The van der Waals surface area contributed by atoms with Gasteiger partial charge < -0.3 is 0 Å². The molecular weight excluding hydrogens is 282 g/mol. The SMILES string of the molecule is C=C.C=NC(=NCC)c1ccccc1.C=NCc1ccccc1. The molecule has 2 aromatic carbocycles. The van der Waals surface area contributed by atoms with Gasteiger partial charge in [-0.25, -0.2) is 4.99 Å². The molecule has 2 rings (SSSR count). The zero-order valence-corrected chi connectivity index (χ0v) is 13.9. The summed E-state index contributed by atoms with van der Waals surface area (Å²) >= 11 is 0. The van der Waals surface area contributed by atoms with E-state index in [1.54, 1.807) is 0 Å². The zero-order valence-electron chi connectivity index (χ0n) is 13.9. The van der Waals surface area contributed by atoms with Gasteiger partial charge in [0, 0.05) is 12.1 Å². The summed E-state index contributed by atoms with van der Waals surface area (Å²) in [5.74, 6) is 0.720. The number of nitrogens with zero attached hydrogens (tertiary/aromatic N) is 3. The van der Waals surface area contributed by atoms with Gasteiger partial charge in [0.1, 0.15) is 0 Å². The van der Waals surface area contributed by atoms with Crippen LogP contribution < -0.4 is 0 Å². The van der Waals surface area contributed by atoms with Gasteiger partial charge >= 0.3 is 0 Å². The van der Waals surface area contributed by atoms with Crippen molar-refractivity contribution in [3.63, 3.8) is 0 Å². The Kier molecular flexibility index (Phi) is 12.4. The van der Waals surface area contributed by atoms with Crippen molar-refractivity contribution in [2.75, 3.05) is 6.54 Å². The second kappa shape index (κ2) is 14.1. The molecule has 0 heterocycles. The lowest BCUT2D eigenvalue weighted by molar-refractivity contribution is 1.08. The first-order valence-electron chi connectivity index (χ1n) is 7.34. The summed E-state index contributed by atoms with van der Waals surface area (Å²) in [6, 6.07) is 19.9. The number of rotatable bonds is 4. The maximum absolute atomic E-state index is 4.20. The third-order valence-electron chi connectivity index (χ3n) is 2.63. The predicted octanol–water partition coefficient (Wildman–Crippen LogP) is 4.84. The van der Waals surface area contributed by atoms with Crippen LogP contribution in [-0.4, -0.2) is 25.8 Å². The van der Waals surface area contributed by atoms with Crippen molar-refractivity contribution in [3.8, 4) is 0 Å². The summed E-state index contributed by atoms with van der Waals surface area (Å²) in [4.78, 5) is 11.8. The third-order valence-corrected chi connectivity index (χ3v) is 2.63. The van der Waals surface area contributed by atoms with E-state index in [9.17, 15) is 0 Å². The molecule has 2 aromatic rings. The van der Waals surface area contributed by atoms with Gasteiger partial charge in [-0.05, 0) is 25.9 Å². The van der Waals surface area contributed by atoms with Gasteiger partial charge in [-0.15, -0.1) is 13.2 Å². The normalized spacial score (nSPS) is 9.52. The largest absolute Gasteiger partial charge is 0.296 e. The van der Waals surface area contributed by atoms with E-state index in [0.29, 0.717) is 0 Å². The summed E-state index contributed by atoms with van der Waals surface area (Å²) < 4.78 is 0. The molecular formula is C20H25N3. The molecule has 0 atom stereocenters. The standard InChI is InChI=1S/C10H12N2.C8H9N.C2H4/c1-3-12-10(11-2)9-7-5-4-6-8-9;1-9-7-8-5-3-2-4-6-8;1-2/h4-8H,2-3H2,1H3;2-6H,1,7H2;1-2H2. The predicted molar refractivity (Wildman–Crippen MR) is 104 cm³/mol. The van der Waals surface area contributed by atoms with Crippen LogP contribution in [0.2, 0.25) is 0 Å². The van der Waals surface area contributed by atoms with Crippen LogP contribution in [0.5, 0.6) is 0 Å². The molecule has 0 N–H and O–H groups in total. The van der Waals surface area contributed by atoms with Crippen LogP contribution in [0.15, 0.2) is 88.8 Å². The maximum atomic E-state index is 4.20. The van der Waals surface area contributed by atoms with Crippen molar-refractivity contribution in [1.82, 2.24) is 0 Å². The van der Waals surface area contributed by atoms with Gasteiger partial charge in [0.05, 0.1) is 6.54 Å². The van der Waals surface area contributed by atoms with Gasteiger partial charge in [0.15, 0.2) is 5.84 Å². The van der Waals surface area contributed by atoms with Crippen LogP contribution >= 0.6 is 0 Å². The lowest BCUT2D eigenvalue weighted by Gasteiger charge is -1.98. The smallest absolute Gasteiger partial charge is 0.153 e. The molecule has 3 nitrogen and oxygen atoms in total. The van der Waals surface area contributed by atoms with E-state index in [1.165, 1.54) is 5.56 Å². The van der Waals surface area contributed by atoms with E-state index in [4.69, 9.17) is 0 Å². The van der Waals surface area contributed by atoms with Crippen molar-refractivity contribution < 1.29 is 0 Å². The van der Waals surface area contributed by atoms with Gasteiger partial charge in [-0.1, -0.05) is 60.7 Å². The van der Waals surface area contributed by atoms with E-state index >= 15 is 0 Å². The van der Waals surface area contributed by atoms with Crippen LogP contribution in [0.3, 0.4) is 0 Å². The van der Waals surface area contributed by atoms with Crippen LogP contribution in [0.4, 0.5) is 0 Å². The summed E-state index contributed by atoms with van der Waals surface area (Å²) in [6.45, 7) is 16.3. The van der Waals surface area contributed by atoms with Crippen LogP contribution in [0, 0.1) is 0 Å². The monoisotopic (exact) mass is 307 g/mol. The lowest BCUT2D eigenvalue weighted by atomic mass is 10.2. The average Bonchev–Trinajstić information content (AvgIpc) is 2.64. The molecule has 120 valence electrons. The van der Waals surface area contributed by atoms with Gasteiger partial charge in [0.25, 0.3) is 0 Å². The molecule has 0 bridgehead atoms. The number of hydrogen-bond acceptors (Lipinski definition) is 2. The molecule has 0 amide bonds. The molecule has 0 radical (unpaired) electrons. The Morgan fingerprint density at radius 3 is 1.83 bits per heavy atom. The van der Waals surface area contributed by atoms with E-state index in [2.05, 4.69) is 41.6 Å². The Labute approximate surface area is 139 Å². The Morgan fingerprint density at radius 2 is 1.39 bits per heavy atom. The van der Waals surface area contributed by atoms with Crippen molar-refractivity contribution >= 4 is 19.3 Å². The second-order valence-electron chi connectivity index (χ2n) is 4.19. The van der Waals surface area contributed by atoms with Crippen molar-refractivity contribution in [2.24, 2.45) is 15.0 Å². The van der Waals surface area contributed by atoms with Crippen LogP contribution in [0.1, 0.15) is 18.1 Å². The van der Waals surface area contributed by atoms with Crippen molar-refractivity contribution in [2.45, 2.75) is 13.5 Å². The molecule has 0 aliphatic heterocycles. The summed E-state index contributed by atoms with van der Waals surface area (Å²) in [6.07, 6.45) is 0. The molecule has 0 aromatic heterocycles. The van der Waals surface area contributed by atoms with Gasteiger partial charge in [-0.3, -0.25) is 9.98 Å². The van der Waals surface area contributed by atoms with E-state index in [-0.39, 0.29) is 0 Å². The highest BCUT2D eigenvalue weighted by Crippen LogP contribution is 2.01. The first kappa shape index (κ1) is 20.2. The molecule has 0 spiro atoms. The highest BCUT2D eigenvalue weighted by molar-refractivity contribution is 6.01. The first-order chi connectivity index (χ1) is 11.3. The molecule has 0 fully saturated rings. The summed E-state index contributed by atoms with van der Waals surface area (Å²) in [5, 5.41) is 0. The molecule has 23 heavy (non-hydrogen) atoms. The average molecular weight is 307 g/mol. The minimum absolute atomic E-state index is 0.720. The highest BCUT2D eigenvalue weighted by atomic mass is 14.9. The molecule has 3 heteroatoms. The van der Waals surface area contributed by atoms with E-state index in [0.717, 1.165) is 24.5 Å². The fourth-order valence-electron chi connectivity index (χ4n) is 1.68. The Hall–Kier alpha value is -2.81. The second-order valence-corrected chi connectivity index (χ2v) is 4.19. The Balaban J connectivity index is 0.000000392. The molecule has 0 aliphatic rings. The quantitative estimate of drug-likeness (QED) is 0.440. The number of amidine groups is 1. The molecule has 0 saturated carbocycles. The van der Waals surface area contributed by atoms with Gasteiger partial charge in [-0.2, -0.15) is 0 Å². The topological polar surface area (TPSA) is 37.1 Å². The van der Waals surface area contributed by atoms with Crippen molar-refractivity contribution in [1.29, 1.82) is 0 Å². The Morgan fingerprint density at radius 1 is 0.870 bits per heavy atom. The number of hydrogen-bond donors (Lipinski definition) is 0. The minimum Gasteiger partial charge on any atom is -0.296 e. The summed E-state index contributed by atoms with van der Waals surface area (Å²) in [7, 11) is 0. The third kappa shape index (κ3) is 8.94. The van der Waals surface area contributed by atoms with Crippen LogP contribution in [0.25, 0.3) is 0 Å². The molecule has 0 saturated heterocycles.